The SMILES string of the molecule is CCCCOC(C)C(=O)N(CCOC)c1c(N)n(CC(C)C)c(=O)[nH]c1=O. The maximum Gasteiger partial charge on any atom is 0.330 e. The predicted octanol–water partition coefficient (Wildman–Crippen LogP) is 0.959. The number of nitrogens with two attached hydrogens (primary N) is 1. The first-order valence-electron chi connectivity index (χ1n) is 9.29. The maximum atomic E-state index is 12.9. The third-order valence-electron chi connectivity index (χ3n) is 4.03. The Balaban J connectivity index is 3.32. The number of aromatic nitrogens is 2. The molecule has 0 spiro atoms. The van der Waals surface area contributed by atoms with Crippen molar-refractivity contribution in [2.45, 2.75) is 53.2 Å². The number of nitrogens with one attached hydrogen (secondary N) is 1. The molecule has 9 heteroatoms. The topological polar surface area (TPSA) is 120 Å². The molecule has 0 fully saturated rings. The molecular formula is C18H32N4O5. The molecule has 1 amide bonds. The summed E-state index contributed by atoms with van der Waals surface area (Å²) in [6, 6.07) is 0. The highest BCUT2D eigenvalue weighted by Gasteiger charge is 2.28. The quantitative estimate of drug-likeness (QED) is 0.548. The molecule has 27 heavy (non-hydrogen) atoms. The van der Waals surface area contributed by atoms with E-state index in [9.17, 15) is 14.4 Å². The lowest BCUT2D eigenvalue weighted by Crippen LogP contribution is -2.46. The second kappa shape index (κ2) is 10.9. The standard InChI is InChI=1S/C18H32N4O5/c1-6-7-9-27-13(4)17(24)21(8-10-26-5)14-15(19)22(11-12(2)3)18(25)20-16(14)23/h12-13H,6-11,19H2,1-5H3,(H,20,23,25). The summed E-state index contributed by atoms with van der Waals surface area (Å²) in [5.41, 5.74) is 4.78. The highest BCUT2D eigenvalue weighted by atomic mass is 16.5. The summed E-state index contributed by atoms with van der Waals surface area (Å²) in [5, 5.41) is 0. The van der Waals surface area contributed by atoms with Gasteiger partial charge in [-0.1, -0.05) is 27.2 Å². The number of unbranched alkanes of at least 4 members (excludes halogenated alkanes) is 1. The van der Waals surface area contributed by atoms with Crippen molar-refractivity contribution in [3.8, 4) is 0 Å². The van der Waals surface area contributed by atoms with Crippen LogP contribution in [0.1, 0.15) is 40.5 Å². The fourth-order valence-electron chi connectivity index (χ4n) is 2.59. The van der Waals surface area contributed by atoms with Crippen molar-refractivity contribution in [3.05, 3.63) is 20.8 Å². The van der Waals surface area contributed by atoms with E-state index in [1.165, 1.54) is 16.6 Å². The Kier molecular flexibility index (Phi) is 9.23. The number of hydrogen-bond donors (Lipinski definition) is 2. The Morgan fingerprint density at radius 3 is 2.48 bits per heavy atom. The van der Waals surface area contributed by atoms with E-state index >= 15 is 0 Å². The van der Waals surface area contributed by atoms with Gasteiger partial charge in [-0.05, 0) is 19.3 Å². The van der Waals surface area contributed by atoms with Crippen molar-refractivity contribution in [1.29, 1.82) is 0 Å². The fraction of sp³-hybridized carbons (Fsp3) is 0.722. The second-order valence-electron chi connectivity index (χ2n) is 6.85. The Morgan fingerprint density at radius 2 is 1.93 bits per heavy atom. The van der Waals surface area contributed by atoms with Crippen LogP contribution in [0.4, 0.5) is 11.5 Å². The first-order chi connectivity index (χ1) is 12.7. The lowest BCUT2D eigenvalue weighted by Gasteiger charge is -2.27. The number of amides is 1. The first-order valence-corrected chi connectivity index (χ1v) is 9.29. The molecule has 1 aromatic heterocycles. The van der Waals surface area contributed by atoms with Gasteiger partial charge in [0.25, 0.3) is 11.5 Å². The minimum atomic E-state index is -0.752. The molecule has 3 N–H and O–H groups in total. The van der Waals surface area contributed by atoms with Gasteiger partial charge in [-0.25, -0.2) is 4.79 Å². The number of hydrogen-bond acceptors (Lipinski definition) is 6. The summed E-state index contributed by atoms with van der Waals surface area (Å²) < 4.78 is 11.9. The van der Waals surface area contributed by atoms with E-state index in [0.29, 0.717) is 13.2 Å². The zero-order valence-corrected chi connectivity index (χ0v) is 16.9. The molecule has 0 bridgehead atoms. The van der Waals surface area contributed by atoms with Gasteiger partial charge in [-0.15, -0.1) is 0 Å². The van der Waals surface area contributed by atoms with Crippen molar-refractivity contribution in [1.82, 2.24) is 9.55 Å². The highest BCUT2D eigenvalue weighted by Crippen LogP contribution is 2.19. The lowest BCUT2D eigenvalue weighted by molar-refractivity contribution is -0.129. The van der Waals surface area contributed by atoms with E-state index in [2.05, 4.69) is 4.98 Å². The van der Waals surface area contributed by atoms with Gasteiger partial charge in [-0.3, -0.25) is 24.0 Å². The van der Waals surface area contributed by atoms with Crippen LogP contribution in [0.15, 0.2) is 9.59 Å². The molecule has 0 aliphatic heterocycles. The number of ether oxygens (including phenoxy) is 2. The molecule has 1 heterocycles. The fourth-order valence-corrected chi connectivity index (χ4v) is 2.59. The molecule has 0 radical (unpaired) electrons. The van der Waals surface area contributed by atoms with Crippen LogP contribution in [0, 0.1) is 5.92 Å². The molecule has 0 saturated heterocycles. The molecule has 1 rings (SSSR count). The smallest absolute Gasteiger partial charge is 0.330 e. The van der Waals surface area contributed by atoms with Crippen molar-refractivity contribution >= 4 is 17.4 Å². The van der Waals surface area contributed by atoms with Gasteiger partial charge in [0.15, 0.2) is 5.69 Å². The van der Waals surface area contributed by atoms with E-state index in [-0.39, 0.29) is 30.6 Å². The summed E-state index contributed by atoms with van der Waals surface area (Å²) in [7, 11) is 1.50. The predicted molar refractivity (Wildman–Crippen MR) is 105 cm³/mol. The molecule has 9 nitrogen and oxygen atoms in total. The summed E-state index contributed by atoms with van der Waals surface area (Å²) in [6.45, 7) is 8.59. The molecule has 0 aromatic carbocycles. The number of aromatic amines is 1. The summed E-state index contributed by atoms with van der Waals surface area (Å²) in [5.74, 6) is -0.319. The molecule has 1 aromatic rings. The van der Waals surface area contributed by atoms with Crippen LogP contribution in [-0.2, 0) is 20.8 Å². The monoisotopic (exact) mass is 384 g/mol. The van der Waals surface area contributed by atoms with E-state index in [0.717, 1.165) is 12.8 Å². The number of carbonyl (C=O) groups is 1. The van der Waals surface area contributed by atoms with Crippen molar-refractivity contribution in [3.63, 3.8) is 0 Å². The maximum absolute atomic E-state index is 12.9. The van der Waals surface area contributed by atoms with Crippen LogP contribution in [0.5, 0.6) is 0 Å². The van der Waals surface area contributed by atoms with Gasteiger partial charge in [0.05, 0.1) is 6.61 Å². The second-order valence-corrected chi connectivity index (χ2v) is 6.85. The van der Waals surface area contributed by atoms with Crippen molar-refractivity contribution in [2.24, 2.45) is 5.92 Å². The summed E-state index contributed by atoms with van der Waals surface area (Å²) in [6.07, 6.45) is 1.02. The Morgan fingerprint density at radius 1 is 1.26 bits per heavy atom. The van der Waals surface area contributed by atoms with E-state index < -0.39 is 23.3 Å². The van der Waals surface area contributed by atoms with Crippen LogP contribution >= 0.6 is 0 Å². The minimum Gasteiger partial charge on any atom is -0.383 e. The van der Waals surface area contributed by atoms with Gasteiger partial charge in [0.2, 0.25) is 0 Å². The average Bonchev–Trinajstić information content (AvgIpc) is 2.60. The molecule has 154 valence electrons. The van der Waals surface area contributed by atoms with Crippen LogP contribution in [0.3, 0.4) is 0 Å². The van der Waals surface area contributed by atoms with Gasteiger partial charge >= 0.3 is 5.69 Å². The zero-order valence-electron chi connectivity index (χ0n) is 16.9. The van der Waals surface area contributed by atoms with E-state index in [1.807, 2.05) is 20.8 Å². The van der Waals surface area contributed by atoms with Gasteiger partial charge in [0, 0.05) is 26.8 Å². The summed E-state index contributed by atoms with van der Waals surface area (Å²) in [4.78, 5) is 41.0. The summed E-state index contributed by atoms with van der Waals surface area (Å²) >= 11 is 0. The van der Waals surface area contributed by atoms with Crippen LogP contribution in [0.25, 0.3) is 0 Å². The average molecular weight is 384 g/mol. The Hall–Kier alpha value is -2.13. The van der Waals surface area contributed by atoms with Crippen LogP contribution < -0.4 is 21.9 Å². The largest absolute Gasteiger partial charge is 0.383 e. The van der Waals surface area contributed by atoms with Gasteiger partial charge in [0.1, 0.15) is 11.9 Å². The highest BCUT2D eigenvalue weighted by molar-refractivity contribution is 5.98. The van der Waals surface area contributed by atoms with Gasteiger partial charge in [-0.2, -0.15) is 0 Å². The Bertz CT molecular complexity index is 725. The first kappa shape index (κ1) is 22.9. The lowest BCUT2D eigenvalue weighted by atomic mass is 10.2. The van der Waals surface area contributed by atoms with E-state index in [1.54, 1.807) is 6.92 Å². The molecular weight excluding hydrogens is 352 g/mol. The normalized spacial score (nSPS) is 12.4. The number of methoxy groups -OCH3 is 1. The number of nitrogens with zero attached hydrogens (tertiary/aromatic N) is 2. The zero-order chi connectivity index (χ0) is 20.6. The van der Waals surface area contributed by atoms with Crippen LogP contribution in [-0.4, -0.2) is 48.4 Å². The minimum absolute atomic E-state index is 0.0392. The molecule has 0 aliphatic rings. The third kappa shape index (κ3) is 6.21. The van der Waals surface area contributed by atoms with Crippen LogP contribution in [0.2, 0.25) is 0 Å². The number of nitrogen functional groups attached to an aromatic ring is 1. The molecule has 0 saturated carbocycles. The number of anilines is 2. The third-order valence-corrected chi connectivity index (χ3v) is 4.03. The number of H-pyrrole nitrogens is 1. The van der Waals surface area contributed by atoms with Crippen molar-refractivity contribution < 1.29 is 14.3 Å². The number of carbonyl (C=O) groups excluding carboxylic acids is 1. The molecule has 1 unspecified atom stereocenters. The number of rotatable bonds is 11. The van der Waals surface area contributed by atoms with Gasteiger partial charge < -0.3 is 15.2 Å². The Labute approximate surface area is 159 Å². The van der Waals surface area contributed by atoms with E-state index in [4.69, 9.17) is 15.2 Å². The molecule has 0 aliphatic carbocycles. The molecule has 1 atom stereocenters. The van der Waals surface area contributed by atoms with Crippen molar-refractivity contribution in [2.75, 3.05) is 37.5 Å².